The molecule has 0 atom stereocenters. The van der Waals surface area contributed by atoms with Crippen LogP contribution in [0.3, 0.4) is 0 Å². The minimum absolute atomic E-state index is 0.0873. The molecule has 8 heteroatoms. The fraction of sp³-hybridized carbons (Fsp3) is 0.333. The van der Waals surface area contributed by atoms with Crippen molar-refractivity contribution >= 4 is 15.7 Å². The molecule has 0 aliphatic rings. The third kappa shape index (κ3) is 2.97. The van der Waals surface area contributed by atoms with Gasteiger partial charge in [-0.05, 0) is 31.5 Å². The first-order valence-electron chi connectivity index (χ1n) is 6.16. The number of hydrogen-bond donors (Lipinski definition) is 2. The van der Waals surface area contributed by atoms with Crippen molar-refractivity contribution in [3.63, 3.8) is 0 Å². The Labute approximate surface area is 117 Å². The lowest BCUT2D eigenvalue weighted by Crippen LogP contribution is -2.25. The van der Waals surface area contributed by atoms with Crippen LogP contribution < -0.4 is 10.5 Å². The molecule has 0 fully saturated rings. The van der Waals surface area contributed by atoms with Gasteiger partial charge in [0.15, 0.2) is 0 Å². The van der Waals surface area contributed by atoms with E-state index in [4.69, 9.17) is 5.73 Å². The maximum atomic E-state index is 12.2. The van der Waals surface area contributed by atoms with Gasteiger partial charge in [0.1, 0.15) is 12.2 Å². The number of aromatic nitrogens is 3. The summed E-state index contributed by atoms with van der Waals surface area (Å²) in [7, 11) is -3.61. The molecule has 0 bridgehead atoms. The summed E-state index contributed by atoms with van der Waals surface area (Å²) in [5.41, 5.74) is 7.03. The number of rotatable bonds is 5. The molecule has 3 N–H and O–H groups in total. The first kappa shape index (κ1) is 14.5. The summed E-state index contributed by atoms with van der Waals surface area (Å²) in [6.45, 7) is 4.52. The van der Waals surface area contributed by atoms with Gasteiger partial charge in [-0.15, -0.1) is 10.2 Å². The van der Waals surface area contributed by atoms with Gasteiger partial charge in [0, 0.05) is 12.2 Å². The molecular weight excluding hydrogens is 278 g/mol. The molecule has 0 spiro atoms. The van der Waals surface area contributed by atoms with Gasteiger partial charge >= 0.3 is 0 Å². The van der Waals surface area contributed by atoms with Gasteiger partial charge in [0.05, 0.1) is 11.4 Å². The monoisotopic (exact) mass is 295 g/mol. The maximum Gasteiger partial charge on any atom is 0.241 e. The van der Waals surface area contributed by atoms with Crippen molar-refractivity contribution in [2.24, 2.45) is 0 Å². The highest BCUT2D eigenvalue weighted by molar-refractivity contribution is 7.89. The lowest BCUT2D eigenvalue weighted by molar-refractivity contribution is 0.575. The first-order valence-corrected chi connectivity index (χ1v) is 7.65. The first-order chi connectivity index (χ1) is 9.44. The number of hydrogen-bond acceptors (Lipinski definition) is 5. The van der Waals surface area contributed by atoms with E-state index in [1.165, 1.54) is 12.1 Å². The fourth-order valence-corrected chi connectivity index (χ4v) is 2.72. The Morgan fingerprint density at radius 3 is 2.80 bits per heavy atom. The Morgan fingerprint density at radius 2 is 2.15 bits per heavy atom. The van der Waals surface area contributed by atoms with Crippen LogP contribution >= 0.6 is 0 Å². The van der Waals surface area contributed by atoms with E-state index in [-0.39, 0.29) is 11.4 Å². The molecule has 1 heterocycles. The molecule has 2 aromatic rings. The SMILES string of the molecule is CCn1cnnc1CNS(=O)(=O)c1ccc(C)c(N)c1. The van der Waals surface area contributed by atoms with Gasteiger partial charge < -0.3 is 10.3 Å². The summed E-state index contributed by atoms with van der Waals surface area (Å²) in [6, 6.07) is 4.65. The highest BCUT2D eigenvalue weighted by atomic mass is 32.2. The standard InChI is InChI=1S/C12H17N5O2S/c1-3-17-8-14-16-12(17)7-15-20(18,19)10-5-4-9(2)11(13)6-10/h4-6,8,15H,3,7,13H2,1-2H3. The van der Waals surface area contributed by atoms with E-state index in [2.05, 4.69) is 14.9 Å². The predicted molar refractivity (Wildman–Crippen MR) is 75.3 cm³/mol. The molecule has 108 valence electrons. The van der Waals surface area contributed by atoms with E-state index < -0.39 is 10.0 Å². The van der Waals surface area contributed by atoms with Gasteiger partial charge in [-0.3, -0.25) is 0 Å². The summed E-state index contributed by atoms with van der Waals surface area (Å²) in [5.74, 6) is 0.566. The van der Waals surface area contributed by atoms with Crippen LogP contribution in [-0.2, 0) is 23.1 Å². The summed E-state index contributed by atoms with van der Waals surface area (Å²) in [5, 5.41) is 7.63. The van der Waals surface area contributed by atoms with E-state index in [1.54, 1.807) is 17.0 Å². The lowest BCUT2D eigenvalue weighted by atomic mass is 10.2. The number of sulfonamides is 1. The van der Waals surface area contributed by atoms with E-state index >= 15 is 0 Å². The molecular formula is C12H17N5O2S. The van der Waals surface area contributed by atoms with Crippen molar-refractivity contribution in [2.45, 2.75) is 31.8 Å². The highest BCUT2D eigenvalue weighted by Crippen LogP contribution is 2.17. The zero-order valence-corrected chi connectivity index (χ0v) is 12.2. The largest absolute Gasteiger partial charge is 0.398 e. The van der Waals surface area contributed by atoms with Crippen LogP contribution in [0.25, 0.3) is 0 Å². The maximum absolute atomic E-state index is 12.2. The summed E-state index contributed by atoms with van der Waals surface area (Å²) in [4.78, 5) is 0.142. The van der Waals surface area contributed by atoms with Crippen molar-refractivity contribution in [1.82, 2.24) is 19.5 Å². The molecule has 0 aliphatic heterocycles. The number of nitrogens with two attached hydrogens (primary N) is 1. The minimum Gasteiger partial charge on any atom is -0.398 e. The third-order valence-corrected chi connectivity index (χ3v) is 4.42. The highest BCUT2D eigenvalue weighted by Gasteiger charge is 2.16. The quantitative estimate of drug-likeness (QED) is 0.789. The van der Waals surface area contributed by atoms with Crippen molar-refractivity contribution in [3.8, 4) is 0 Å². The predicted octanol–water partition coefficient (Wildman–Crippen LogP) is 0.667. The minimum atomic E-state index is -3.61. The number of aryl methyl sites for hydroxylation is 2. The van der Waals surface area contributed by atoms with Crippen molar-refractivity contribution < 1.29 is 8.42 Å². The van der Waals surface area contributed by atoms with Crippen molar-refractivity contribution in [3.05, 3.63) is 35.9 Å². The number of benzene rings is 1. The van der Waals surface area contributed by atoms with Crippen LogP contribution in [0, 0.1) is 6.92 Å². The normalized spacial score (nSPS) is 11.7. The smallest absolute Gasteiger partial charge is 0.241 e. The van der Waals surface area contributed by atoms with E-state index in [0.29, 0.717) is 18.1 Å². The van der Waals surface area contributed by atoms with E-state index in [9.17, 15) is 8.42 Å². The molecule has 20 heavy (non-hydrogen) atoms. The molecule has 1 aromatic carbocycles. The Morgan fingerprint density at radius 1 is 1.40 bits per heavy atom. The average Bonchev–Trinajstić information content (AvgIpc) is 2.87. The van der Waals surface area contributed by atoms with Crippen LogP contribution in [0.4, 0.5) is 5.69 Å². The average molecular weight is 295 g/mol. The fourth-order valence-electron chi connectivity index (χ4n) is 1.71. The number of nitrogens with one attached hydrogen (secondary N) is 1. The third-order valence-electron chi connectivity index (χ3n) is 3.02. The lowest BCUT2D eigenvalue weighted by Gasteiger charge is -2.08. The summed E-state index contributed by atoms with van der Waals surface area (Å²) >= 11 is 0. The number of nitrogens with zero attached hydrogens (tertiary/aromatic N) is 3. The van der Waals surface area contributed by atoms with Crippen LogP contribution in [0.2, 0.25) is 0 Å². The van der Waals surface area contributed by atoms with E-state index in [0.717, 1.165) is 5.56 Å². The summed E-state index contributed by atoms with van der Waals surface area (Å²) < 4.78 is 28.6. The van der Waals surface area contributed by atoms with Gasteiger partial charge in [0.2, 0.25) is 10.0 Å². The Hall–Kier alpha value is -1.93. The molecule has 0 saturated heterocycles. The second kappa shape index (κ2) is 5.59. The van der Waals surface area contributed by atoms with Gasteiger partial charge in [-0.25, -0.2) is 13.1 Å². The molecule has 2 rings (SSSR count). The second-order valence-corrected chi connectivity index (χ2v) is 6.14. The van der Waals surface area contributed by atoms with Crippen molar-refractivity contribution in [2.75, 3.05) is 5.73 Å². The Kier molecular flexibility index (Phi) is 4.05. The Balaban J connectivity index is 2.17. The van der Waals surface area contributed by atoms with Crippen LogP contribution in [0.5, 0.6) is 0 Å². The van der Waals surface area contributed by atoms with Crippen LogP contribution in [0.1, 0.15) is 18.3 Å². The molecule has 0 radical (unpaired) electrons. The molecule has 1 aromatic heterocycles. The topological polar surface area (TPSA) is 103 Å². The molecule has 0 aliphatic carbocycles. The van der Waals surface area contributed by atoms with Gasteiger partial charge in [-0.2, -0.15) is 0 Å². The molecule has 7 nitrogen and oxygen atoms in total. The Bertz CT molecular complexity index is 708. The van der Waals surface area contributed by atoms with E-state index in [1.807, 2.05) is 13.8 Å². The van der Waals surface area contributed by atoms with Crippen LogP contribution in [0.15, 0.2) is 29.4 Å². The second-order valence-electron chi connectivity index (χ2n) is 4.38. The molecule has 0 amide bonds. The molecule has 0 unspecified atom stereocenters. The van der Waals surface area contributed by atoms with Crippen molar-refractivity contribution in [1.29, 1.82) is 0 Å². The zero-order valence-electron chi connectivity index (χ0n) is 11.4. The van der Waals surface area contributed by atoms with Gasteiger partial charge in [-0.1, -0.05) is 6.07 Å². The summed E-state index contributed by atoms with van der Waals surface area (Å²) in [6.07, 6.45) is 1.56. The number of anilines is 1. The molecule has 0 saturated carbocycles. The van der Waals surface area contributed by atoms with Gasteiger partial charge in [0.25, 0.3) is 0 Å². The number of nitrogen functional groups attached to an aromatic ring is 1. The van der Waals surface area contributed by atoms with Crippen LogP contribution in [-0.4, -0.2) is 23.2 Å². The zero-order chi connectivity index (χ0) is 14.8.